The van der Waals surface area contributed by atoms with E-state index in [4.69, 9.17) is 4.42 Å². The zero-order chi connectivity index (χ0) is 21.2. The van der Waals surface area contributed by atoms with Crippen LogP contribution in [0.15, 0.2) is 65.4 Å². The summed E-state index contributed by atoms with van der Waals surface area (Å²) >= 11 is 0. The molecule has 0 atom stereocenters. The van der Waals surface area contributed by atoms with Crippen molar-refractivity contribution in [3.8, 4) is 11.1 Å². The molecular formula is C25H27FN4O. The Morgan fingerprint density at radius 1 is 1.06 bits per heavy atom. The van der Waals surface area contributed by atoms with Crippen LogP contribution in [0.1, 0.15) is 24.2 Å². The number of H-pyrrole nitrogens is 1. The Morgan fingerprint density at radius 3 is 2.68 bits per heavy atom. The third kappa shape index (κ3) is 4.55. The summed E-state index contributed by atoms with van der Waals surface area (Å²) < 4.78 is 19.3. The molecule has 0 saturated carbocycles. The summed E-state index contributed by atoms with van der Waals surface area (Å²) in [6.45, 7) is 3.71. The van der Waals surface area contributed by atoms with E-state index in [9.17, 15) is 4.39 Å². The molecule has 4 aromatic rings. The monoisotopic (exact) mass is 418 g/mol. The van der Waals surface area contributed by atoms with E-state index in [2.05, 4.69) is 45.2 Å². The molecule has 0 unspecified atom stereocenters. The first-order valence-corrected chi connectivity index (χ1v) is 10.8. The fraction of sp³-hybridized carbons (Fsp3) is 0.320. The number of fused-ring (bicyclic) bond motifs is 1. The van der Waals surface area contributed by atoms with Gasteiger partial charge in [0.15, 0.2) is 0 Å². The third-order valence-corrected chi connectivity index (χ3v) is 6.29. The zero-order valence-electron chi connectivity index (χ0n) is 17.7. The largest absolute Gasteiger partial charge is 0.467 e. The number of hydrogen-bond acceptors (Lipinski definition) is 4. The van der Waals surface area contributed by atoms with Crippen molar-refractivity contribution in [2.24, 2.45) is 0 Å². The second-order valence-electron chi connectivity index (χ2n) is 8.54. The Kier molecular flexibility index (Phi) is 5.57. The maximum Gasteiger partial charge on any atom is 0.123 e. The van der Waals surface area contributed by atoms with Crippen LogP contribution in [0.2, 0.25) is 0 Å². The molecule has 160 valence electrons. The number of likely N-dealkylation sites (tertiary alicyclic amines) is 1. The van der Waals surface area contributed by atoms with Crippen molar-refractivity contribution in [1.82, 2.24) is 20.0 Å². The molecule has 0 aliphatic carbocycles. The summed E-state index contributed by atoms with van der Waals surface area (Å²) in [5.74, 6) is 0.753. The average molecular weight is 419 g/mol. The van der Waals surface area contributed by atoms with Gasteiger partial charge in [-0.15, -0.1) is 0 Å². The molecule has 0 bridgehead atoms. The number of aromatic amines is 1. The molecule has 1 aliphatic rings. The molecule has 31 heavy (non-hydrogen) atoms. The Balaban J connectivity index is 1.36. The number of halogens is 1. The van der Waals surface area contributed by atoms with Crippen molar-refractivity contribution < 1.29 is 8.81 Å². The van der Waals surface area contributed by atoms with Gasteiger partial charge in [-0.05, 0) is 74.4 Å². The first-order chi connectivity index (χ1) is 15.1. The molecule has 0 radical (unpaired) electrons. The van der Waals surface area contributed by atoms with Crippen LogP contribution in [0.4, 0.5) is 4.39 Å². The maximum absolute atomic E-state index is 13.4. The highest BCUT2D eigenvalue weighted by molar-refractivity contribution is 5.83. The minimum atomic E-state index is -0.195. The van der Waals surface area contributed by atoms with E-state index in [1.807, 2.05) is 30.7 Å². The molecule has 3 heterocycles. The highest BCUT2D eigenvalue weighted by Crippen LogP contribution is 2.27. The van der Waals surface area contributed by atoms with Crippen LogP contribution in [0, 0.1) is 5.82 Å². The number of hydrogen-bond donors (Lipinski definition) is 1. The first kappa shape index (κ1) is 20.0. The van der Waals surface area contributed by atoms with Gasteiger partial charge >= 0.3 is 0 Å². The molecule has 5 nitrogen and oxygen atoms in total. The van der Waals surface area contributed by atoms with Crippen LogP contribution in [-0.2, 0) is 13.1 Å². The molecule has 0 spiro atoms. The van der Waals surface area contributed by atoms with Crippen LogP contribution in [0.25, 0.3) is 22.0 Å². The Bertz CT molecular complexity index is 1140. The van der Waals surface area contributed by atoms with Gasteiger partial charge < -0.3 is 9.32 Å². The maximum atomic E-state index is 13.4. The van der Waals surface area contributed by atoms with E-state index in [-0.39, 0.29) is 5.82 Å². The number of nitrogens with one attached hydrogen (secondary N) is 1. The number of piperidine rings is 1. The number of benzene rings is 2. The summed E-state index contributed by atoms with van der Waals surface area (Å²) in [4.78, 5) is 4.85. The Hall–Kier alpha value is -2.96. The predicted octanol–water partition coefficient (Wildman–Crippen LogP) is 5.06. The van der Waals surface area contributed by atoms with E-state index in [0.29, 0.717) is 6.04 Å². The Labute approximate surface area is 181 Å². The SMILES string of the molecule is CN1CCC(N(Cc2ccc(F)cc2)Cc2cc(-c3ccc4[nH]ncc4c3)co2)CC1. The molecule has 2 aromatic heterocycles. The fourth-order valence-corrected chi connectivity index (χ4v) is 4.44. The normalized spacial score (nSPS) is 15.8. The van der Waals surface area contributed by atoms with Crippen molar-refractivity contribution in [2.75, 3.05) is 20.1 Å². The Morgan fingerprint density at radius 2 is 1.87 bits per heavy atom. The molecule has 5 rings (SSSR count). The lowest BCUT2D eigenvalue weighted by molar-refractivity contribution is 0.101. The van der Waals surface area contributed by atoms with Gasteiger partial charge in [0.05, 0.1) is 24.5 Å². The fourth-order valence-electron chi connectivity index (χ4n) is 4.44. The van der Waals surface area contributed by atoms with E-state index in [1.165, 1.54) is 0 Å². The summed E-state index contributed by atoms with van der Waals surface area (Å²) in [5.41, 5.74) is 4.34. The van der Waals surface area contributed by atoms with Crippen LogP contribution in [0.3, 0.4) is 0 Å². The average Bonchev–Trinajstić information content (AvgIpc) is 3.44. The number of nitrogens with zero attached hydrogens (tertiary/aromatic N) is 3. The van der Waals surface area contributed by atoms with Crippen LogP contribution >= 0.6 is 0 Å². The standard InChI is InChI=1S/C25H27FN4O/c1-29-10-8-23(9-11-29)30(15-18-2-5-22(26)6-3-18)16-24-13-21(17-31-24)19-4-7-25-20(12-19)14-27-28-25/h2-7,12-14,17,23H,8-11,15-16H2,1H3,(H,27,28). The van der Waals surface area contributed by atoms with Gasteiger partial charge in [-0.1, -0.05) is 18.2 Å². The smallest absolute Gasteiger partial charge is 0.123 e. The van der Waals surface area contributed by atoms with Gasteiger partial charge in [0.25, 0.3) is 0 Å². The summed E-state index contributed by atoms with van der Waals surface area (Å²) in [5, 5.41) is 8.18. The van der Waals surface area contributed by atoms with Crippen molar-refractivity contribution in [2.45, 2.75) is 32.0 Å². The predicted molar refractivity (Wildman–Crippen MR) is 120 cm³/mol. The lowest BCUT2D eigenvalue weighted by Crippen LogP contribution is -2.43. The van der Waals surface area contributed by atoms with Crippen LogP contribution in [-0.4, -0.2) is 46.2 Å². The van der Waals surface area contributed by atoms with Crippen molar-refractivity contribution in [1.29, 1.82) is 0 Å². The summed E-state index contributed by atoms with van der Waals surface area (Å²) in [7, 11) is 2.18. The van der Waals surface area contributed by atoms with Crippen molar-refractivity contribution in [3.05, 3.63) is 78.1 Å². The molecular weight excluding hydrogens is 391 g/mol. The molecule has 1 saturated heterocycles. The van der Waals surface area contributed by atoms with Gasteiger partial charge in [-0.3, -0.25) is 10.00 Å². The van der Waals surface area contributed by atoms with Gasteiger partial charge in [0, 0.05) is 23.5 Å². The molecule has 2 aromatic carbocycles. The van der Waals surface area contributed by atoms with Gasteiger partial charge in [0.1, 0.15) is 11.6 Å². The number of aromatic nitrogens is 2. The topological polar surface area (TPSA) is 48.3 Å². The first-order valence-electron chi connectivity index (χ1n) is 10.8. The molecule has 1 N–H and O–H groups in total. The van der Waals surface area contributed by atoms with Gasteiger partial charge in [0.2, 0.25) is 0 Å². The number of rotatable bonds is 6. The second-order valence-corrected chi connectivity index (χ2v) is 8.54. The van der Waals surface area contributed by atoms with Crippen LogP contribution in [0.5, 0.6) is 0 Å². The molecule has 0 amide bonds. The minimum Gasteiger partial charge on any atom is -0.467 e. The lowest BCUT2D eigenvalue weighted by Gasteiger charge is -2.37. The highest BCUT2D eigenvalue weighted by Gasteiger charge is 2.24. The highest BCUT2D eigenvalue weighted by atomic mass is 19.1. The summed E-state index contributed by atoms with van der Waals surface area (Å²) in [6.07, 6.45) is 5.93. The minimum absolute atomic E-state index is 0.195. The van der Waals surface area contributed by atoms with E-state index >= 15 is 0 Å². The third-order valence-electron chi connectivity index (χ3n) is 6.29. The second kappa shape index (κ2) is 8.65. The molecule has 1 aliphatic heterocycles. The molecule has 1 fully saturated rings. The van der Waals surface area contributed by atoms with Gasteiger partial charge in [-0.2, -0.15) is 5.10 Å². The quantitative estimate of drug-likeness (QED) is 0.476. The van der Waals surface area contributed by atoms with Gasteiger partial charge in [-0.25, -0.2) is 4.39 Å². The summed E-state index contributed by atoms with van der Waals surface area (Å²) in [6, 6.07) is 15.7. The zero-order valence-corrected chi connectivity index (χ0v) is 17.7. The molecule has 6 heteroatoms. The van der Waals surface area contributed by atoms with E-state index in [0.717, 1.165) is 72.4 Å². The van der Waals surface area contributed by atoms with Crippen molar-refractivity contribution >= 4 is 10.9 Å². The lowest BCUT2D eigenvalue weighted by atomic mass is 10.0. The number of furan rings is 1. The van der Waals surface area contributed by atoms with Crippen molar-refractivity contribution in [3.63, 3.8) is 0 Å². The van der Waals surface area contributed by atoms with E-state index in [1.54, 1.807) is 12.1 Å². The van der Waals surface area contributed by atoms with Crippen LogP contribution < -0.4 is 0 Å². The van der Waals surface area contributed by atoms with E-state index < -0.39 is 0 Å².